The first kappa shape index (κ1) is 12.9. The normalized spacial score (nSPS) is 11.4. The van der Waals surface area contributed by atoms with E-state index in [-0.39, 0.29) is 0 Å². The molecule has 0 saturated carbocycles. The Hall–Kier alpha value is -1.12. The maximum absolute atomic E-state index is 3.40. The fourth-order valence-electron chi connectivity index (χ4n) is 1.46. The summed E-state index contributed by atoms with van der Waals surface area (Å²) < 4.78 is 0. The van der Waals surface area contributed by atoms with Crippen molar-refractivity contribution in [2.75, 3.05) is 33.7 Å². The molecule has 0 spiro atoms. The minimum absolute atomic E-state index is 0.947. The van der Waals surface area contributed by atoms with E-state index in [0.717, 1.165) is 19.6 Å². The molecule has 0 bridgehead atoms. The molecule has 0 unspecified atom stereocenters. The molecule has 0 heterocycles. The maximum atomic E-state index is 3.40. The van der Waals surface area contributed by atoms with Gasteiger partial charge >= 0.3 is 0 Å². The van der Waals surface area contributed by atoms with Crippen molar-refractivity contribution >= 4 is 6.08 Å². The topological polar surface area (TPSA) is 15.3 Å². The Bertz CT molecular complexity index is 291. The number of nitrogens with one attached hydrogen (secondary N) is 1. The summed E-state index contributed by atoms with van der Waals surface area (Å²) in [6.07, 6.45) is 5.52. The SMILES string of the molecule is CN(C)CCCNC/C=C\c1ccccc1. The van der Waals surface area contributed by atoms with E-state index >= 15 is 0 Å². The summed E-state index contributed by atoms with van der Waals surface area (Å²) in [7, 11) is 4.21. The fraction of sp³-hybridized carbons (Fsp3) is 0.429. The Morgan fingerprint density at radius 3 is 2.62 bits per heavy atom. The van der Waals surface area contributed by atoms with Gasteiger partial charge in [-0.05, 0) is 39.2 Å². The highest BCUT2D eigenvalue weighted by Gasteiger charge is 1.89. The van der Waals surface area contributed by atoms with Gasteiger partial charge in [0.2, 0.25) is 0 Å². The molecule has 1 aromatic rings. The molecule has 0 aliphatic heterocycles. The maximum Gasteiger partial charge on any atom is 0.0138 e. The second kappa shape index (κ2) is 8.08. The second-order valence-corrected chi connectivity index (χ2v) is 4.17. The number of nitrogens with zero attached hydrogens (tertiary/aromatic N) is 1. The number of rotatable bonds is 7. The summed E-state index contributed by atoms with van der Waals surface area (Å²) in [6, 6.07) is 10.4. The quantitative estimate of drug-likeness (QED) is 0.706. The van der Waals surface area contributed by atoms with E-state index in [0.29, 0.717) is 0 Å². The summed E-state index contributed by atoms with van der Waals surface area (Å²) in [6.45, 7) is 3.18. The number of hydrogen-bond donors (Lipinski definition) is 1. The van der Waals surface area contributed by atoms with Gasteiger partial charge in [-0.2, -0.15) is 0 Å². The van der Waals surface area contributed by atoms with Gasteiger partial charge in [0.15, 0.2) is 0 Å². The van der Waals surface area contributed by atoms with Crippen LogP contribution in [0.2, 0.25) is 0 Å². The van der Waals surface area contributed by atoms with Crippen LogP contribution in [0, 0.1) is 0 Å². The van der Waals surface area contributed by atoms with Crippen molar-refractivity contribution in [3.63, 3.8) is 0 Å². The first-order valence-electron chi connectivity index (χ1n) is 5.86. The van der Waals surface area contributed by atoms with Gasteiger partial charge < -0.3 is 10.2 Å². The van der Waals surface area contributed by atoms with Crippen molar-refractivity contribution in [1.29, 1.82) is 0 Å². The van der Waals surface area contributed by atoms with E-state index in [1.54, 1.807) is 0 Å². The van der Waals surface area contributed by atoms with Crippen molar-refractivity contribution in [3.8, 4) is 0 Å². The van der Waals surface area contributed by atoms with Gasteiger partial charge in [-0.1, -0.05) is 42.5 Å². The van der Waals surface area contributed by atoms with Crippen molar-refractivity contribution in [3.05, 3.63) is 42.0 Å². The summed E-state index contributed by atoms with van der Waals surface area (Å²) in [5, 5.41) is 3.40. The van der Waals surface area contributed by atoms with Gasteiger partial charge in [0.05, 0.1) is 0 Å². The zero-order valence-electron chi connectivity index (χ0n) is 10.3. The lowest BCUT2D eigenvalue weighted by Gasteiger charge is -2.08. The van der Waals surface area contributed by atoms with E-state index in [9.17, 15) is 0 Å². The molecule has 0 saturated heterocycles. The van der Waals surface area contributed by atoms with Crippen molar-refractivity contribution < 1.29 is 0 Å². The molecule has 1 aromatic carbocycles. The van der Waals surface area contributed by atoms with Gasteiger partial charge in [0.25, 0.3) is 0 Å². The highest BCUT2D eigenvalue weighted by atomic mass is 15.0. The average molecular weight is 218 g/mol. The monoisotopic (exact) mass is 218 g/mol. The largest absolute Gasteiger partial charge is 0.313 e. The zero-order chi connectivity index (χ0) is 11.6. The van der Waals surface area contributed by atoms with Gasteiger partial charge in [0.1, 0.15) is 0 Å². The zero-order valence-corrected chi connectivity index (χ0v) is 10.3. The Balaban J connectivity index is 2.05. The van der Waals surface area contributed by atoms with Gasteiger partial charge in [-0.15, -0.1) is 0 Å². The second-order valence-electron chi connectivity index (χ2n) is 4.17. The molecule has 0 atom stereocenters. The first-order valence-corrected chi connectivity index (χ1v) is 5.86. The minimum Gasteiger partial charge on any atom is -0.313 e. The molecule has 1 rings (SSSR count). The smallest absolute Gasteiger partial charge is 0.0138 e. The number of benzene rings is 1. The molecular formula is C14H22N2. The molecule has 0 fully saturated rings. The third-order valence-corrected chi connectivity index (χ3v) is 2.33. The Labute approximate surface area is 99.0 Å². The van der Waals surface area contributed by atoms with Crippen LogP contribution in [0.3, 0.4) is 0 Å². The lowest BCUT2D eigenvalue weighted by molar-refractivity contribution is 0.396. The van der Waals surface area contributed by atoms with Crippen LogP contribution in [-0.2, 0) is 0 Å². The highest BCUT2D eigenvalue weighted by Crippen LogP contribution is 1.99. The van der Waals surface area contributed by atoms with Crippen molar-refractivity contribution in [2.24, 2.45) is 0 Å². The summed E-state index contributed by atoms with van der Waals surface area (Å²) in [4.78, 5) is 2.21. The Kier molecular flexibility index (Phi) is 6.54. The average Bonchev–Trinajstić information content (AvgIpc) is 2.29. The third kappa shape index (κ3) is 6.38. The summed E-state index contributed by atoms with van der Waals surface area (Å²) in [5.74, 6) is 0. The molecule has 2 nitrogen and oxygen atoms in total. The lowest BCUT2D eigenvalue weighted by Crippen LogP contribution is -2.21. The van der Waals surface area contributed by atoms with Crippen LogP contribution < -0.4 is 5.32 Å². The molecule has 16 heavy (non-hydrogen) atoms. The minimum atomic E-state index is 0.947. The van der Waals surface area contributed by atoms with E-state index in [1.807, 2.05) is 6.07 Å². The van der Waals surface area contributed by atoms with Crippen LogP contribution in [0.5, 0.6) is 0 Å². The molecule has 0 aromatic heterocycles. The van der Waals surface area contributed by atoms with Crippen LogP contribution in [0.25, 0.3) is 6.08 Å². The molecule has 0 amide bonds. The summed E-state index contributed by atoms with van der Waals surface area (Å²) >= 11 is 0. The fourth-order valence-corrected chi connectivity index (χ4v) is 1.46. The lowest BCUT2D eigenvalue weighted by atomic mass is 10.2. The predicted molar refractivity (Wildman–Crippen MR) is 71.5 cm³/mol. The van der Waals surface area contributed by atoms with E-state index < -0.39 is 0 Å². The van der Waals surface area contributed by atoms with Crippen molar-refractivity contribution in [2.45, 2.75) is 6.42 Å². The molecule has 0 aliphatic rings. The van der Waals surface area contributed by atoms with E-state index in [4.69, 9.17) is 0 Å². The summed E-state index contributed by atoms with van der Waals surface area (Å²) in [5.41, 5.74) is 1.26. The molecular weight excluding hydrogens is 196 g/mol. The molecule has 88 valence electrons. The van der Waals surface area contributed by atoms with Crippen molar-refractivity contribution in [1.82, 2.24) is 10.2 Å². The number of hydrogen-bond acceptors (Lipinski definition) is 2. The van der Waals surface area contributed by atoms with Crippen LogP contribution in [0.15, 0.2) is 36.4 Å². The molecule has 0 aliphatic carbocycles. The predicted octanol–water partition coefficient (Wildman–Crippen LogP) is 2.24. The molecule has 0 radical (unpaired) electrons. The van der Waals surface area contributed by atoms with Crippen LogP contribution in [0.4, 0.5) is 0 Å². The van der Waals surface area contributed by atoms with Crippen LogP contribution in [0.1, 0.15) is 12.0 Å². The van der Waals surface area contributed by atoms with E-state index in [1.165, 1.54) is 12.0 Å². The van der Waals surface area contributed by atoms with Crippen LogP contribution in [-0.4, -0.2) is 38.6 Å². The van der Waals surface area contributed by atoms with Gasteiger partial charge in [0, 0.05) is 6.54 Å². The molecule has 1 N–H and O–H groups in total. The molecule has 2 heteroatoms. The standard InChI is InChI=1S/C14H22N2/c1-16(2)13-7-12-15-11-6-10-14-8-4-3-5-9-14/h3-6,8-10,15H,7,11-13H2,1-2H3/b10-6-. The third-order valence-electron chi connectivity index (χ3n) is 2.33. The van der Waals surface area contributed by atoms with Crippen LogP contribution >= 0.6 is 0 Å². The van der Waals surface area contributed by atoms with E-state index in [2.05, 4.69) is 60.7 Å². The first-order chi connectivity index (χ1) is 7.79. The van der Waals surface area contributed by atoms with Gasteiger partial charge in [-0.25, -0.2) is 0 Å². The highest BCUT2D eigenvalue weighted by molar-refractivity contribution is 5.48. The Morgan fingerprint density at radius 2 is 1.94 bits per heavy atom. The Morgan fingerprint density at radius 1 is 1.19 bits per heavy atom. The van der Waals surface area contributed by atoms with Gasteiger partial charge in [-0.3, -0.25) is 0 Å².